The van der Waals surface area contributed by atoms with Gasteiger partial charge in [-0.3, -0.25) is 0 Å². The Kier molecular flexibility index (Phi) is 2.93. The van der Waals surface area contributed by atoms with Crippen LogP contribution < -0.4 is 5.73 Å². The standard InChI is InChI=1S/C9H8ClNO2/c10-7-3-1-6(2-4-7)8(11)5-9(12)13/h1-5H,11H2,(H,12,13)/b8-5+. The number of benzene rings is 1. The van der Waals surface area contributed by atoms with Crippen molar-refractivity contribution < 1.29 is 9.90 Å². The Morgan fingerprint density at radius 1 is 1.38 bits per heavy atom. The van der Waals surface area contributed by atoms with Crippen LogP contribution in [0.3, 0.4) is 0 Å². The zero-order chi connectivity index (χ0) is 9.84. The first-order valence-corrected chi connectivity index (χ1v) is 3.93. The van der Waals surface area contributed by atoms with Crippen LogP contribution in [0.25, 0.3) is 5.70 Å². The van der Waals surface area contributed by atoms with E-state index in [9.17, 15) is 4.79 Å². The Morgan fingerprint density at radius 2 is 1.92 bits per heavy atom. The van der Waals surface area contributed by atoms with Crippen LogP contribution in [0.5, 0.6) is 0 Å². The van der Waals surface area contributed by atoms with Gasteiger partial charge >= 0.3 is 5.97 Å². The van der Waals surface area contributed by atoms with Crippen molar-refractivity contribution in [3.05, 3.63) is 40.9 Å². The van der Waals surface area contributed by atoms with Gasteiger partial charge < -0.3 is 10.8 Å². The summed E-state index contributed by atoms with van der Waals surface area (Å²) in [5.41, 5.74) is 6.34. The molecule has 1 rings (SSSR count). The van der Waals surface area contributed by atoms with Crippen LogP contribution in [0.4, 0.5) is 0 Å². The predicted octanol–water partition coefficient (Wildman–Crippen LogP) is 1.72. The molecule has 0 saturated heterocycles. The van der Waals surface area contributed by atoms with Crippen LogP contribution in [0.2, 0.25) is 5.02 Å². The Balaban J connectivity index is 2.96. The SMILES string of the molecule is N/C(=C/C(=O)O)c1ccc(Cl)cc1. The fourth-order valence-corrected chi connectivity index (χ4v) is 0.985. The molecule has 0 saturated carbocycles. The molecule has 0 amide bonds. The first-order chi connectivity index (χ1) is 6.09. The average molecular weight is 198 g/mol. The van der Waals surface area contributed by atoms with Gasteiger partial charge in [-0.1, -0.05) is 23.7 Å². The summed E-state index contributed by atoms with van der Waals surface area (Å²) in [6.07, 6.45) is 0.948. The van der Waals surface area contributed by atoms with Crippen molar-refractivity contribution >= 4 is 23.3 Å². The van der Waals surface area contributed by atoms with Crippen LogP contribution in [0.15, 0.2) is 30.3 Å². The highest BCUT2D eigenvalue weighted by atomic mass is 35.5. The second-order valence-corrected chi connectivity index (χ2v) is 2.88. The Hall–Kier alpha value is -1.48. The fraction of sp³-hybridized carbons (Fsp3) is 0. The molecule has 0 aliphatic heterocycles. The molecule has 1 aromatic rings. The topological polar surface area (TPSA) is 63.3 Å². The van der Waals surface area contributed by atoms with E-state index >= 15 is 0 Å². The Bertz CT molecular complexity index is 343. The molecule has 0 unspecified atom stereocenters. The number of carboxylic acids is 1. The maximum Gasteiger partial charge on any atom is 0.330 e. The van der Waals surface area contributed by atoms with E-state index in [1.54, 1.807) is 24.3 Å². The lowest BCUT2D eigenvalue weighted by molar-refractivity contribution is -0.131. The Labute approximate surface area is 80.4 Å². The Morgan fingerprint density at radius 3 is 2.38 bits per heavy atom. The van der Waals surface area contributed by atoms with E-state index in [1.165, 1.54) is 0 Å². The molecule has 0 fully saturated rings. The number of hydrogen-bond donors (Lipinski definition) is 2. The lowest BCUT2D eigenvalue weighted by Crippen LogP contribution is -2.00. The molecule has 0 aliphatic carbocycles. The molecule has 3 nitrogen and oxygen atoms in total. The normalized spacial score (nSPS) is 11.3. The van der Waals surface area contributed by atoms with Crippen LogP contribution in [0, 0.1) is 0 Å². The van der Waals surface area contributed by atoms with E-state index in [2.05, 4.69) is 0 Å². The van der Waals surface area contributed by atoms with Crippen LogP contribution in [-0.4, -0.2) is 11.1 Å². The van der Waals surface area contributed by atoms with E-state index < -0.39 is 5.97 Å². The summed E-state index contributed by atoms with van der Waals surface area (Å²) in [5, 5.41) is 9.01. The minimum atomic E-state index is -1.06. The number of aliphatic carboxylic acids is 1. The summed E-state index contributed by atoms with van der Waals surface area (Å²) >= 11 is 5.65. The van der Waals surface area contributed by atoms with Gasteiger partial charge in [-0.15, -0.1) is 0 Å². The van der Waals surface area contributed by atoms with E-state index in [0.29, 0.717) is 10.6 Å². The number of rotatable bonds is 2. The third-order valence-corrected chi connectivity index (χ3v) is 1.71. The molecule has 1 aromatic carbocycles. The zero-order valence-corrected chi connectivity index (χ0v) is 7.45. The molecule has 68 valence electrons. The lowest BCUT2D eigenvalue weighted by atomic mass is 10.1. The molecule has 0 atom stereocenters. The molecule has 0 aromatic heterocycles. The van der Waals surface area contributed by atoms with Crippen molar-refractivity contribution in [3.63, 3.8) is 0 Å². The average Bonchev–Trinajstić information content (AvgIpc) is 2.04. The molecule has 0 aliphatic rings. The monoisotopic (exact) mass is 197 g/mol. The van der Waals surface area contributed by atoms with E-state index in [4.69, 9.17) is 22.4 Å². The van der Waals surface area contributed by atoms with Crippen molar-refractivity contribution in [1.82, 2.24) is 0 Å². The van der Waals surface area contributed by atoms with Gasteiger partial charge in [0.05, 0.1) is 0 Å². The minimum Gasteiger partial charge on any atom is -0.478 e. The number of hydrogen-bond acceptors (Lipinski definition) is 2. The van der Waals surface area contributed by atoms with Crippen LogP contribution >= 0.6 is 11.6 Å². The van der Waals surface area contributed by atoms with Crippen molar-refractivity contribution in [1.29, 1.82) is 0 Å². The number of carboxylic acid groups (broad SMARTS) is 1. The number of nitrogens with two attached hydrogens (primary N) is 1. The van der Waals surface area contributed by atoms with Crippen LogP contribution in [-0.2, 0) is 4.79 Å². The summed E-state index contributed by atoms with van der Waals surface area (Å²) in [5.74, 6) is -1.06. The number of carbonyl (C=O) groups is 1. The maximum atomic E-state index is 10.3. The molecular weight excluding hydrogens is 190 g/mol. The quantitative estimate of drug-likeness (QED) is 0.710. The fourth-order valence-electron chi connectivity index (χ4n) is 0.859. The van der Waals surface area contributed by atoms with Gasteiger partial charge in [-0.05, 0) is 17.7 Å². The van der Waals surface area contributed by atoms with Gasteiger partial charge in [0.1, 0.15) is 0 Å². The first kappa shape index (κ1) is 9.61. The molecule has 0 radical (unpaired) electrons. The molecule has 13 heavy (non-hydrogen) atoms. The number of halogens is 1. The third-order valence-electron chi connectivity index (χ3n) is 1.46. The van der Waals surface area contributed by atoms with Gasteiger partial charge in [0.2, 0.25) is 0 Å². The molecule has 0 bridgehead atoms. The zero-order valence-electron chi connectivity index (χ0n) is 6.70. The van der Waals surface area contributed by atoms with Crippen molar-refractivity contribution in [2.75, 3.05) is 0 Å². The van der Waals surface area contributed by atoms with Gasteiger partial charge in [0, 0.05) is 16.8 Å². The van der Waals surface area contributed by atoms with E-state index in [1.807, 2.05) is 0 Å². The molecule has 4 heteroatoms. The summed E-state index contributed by atoms with van der Waals surface area (Å²) < 4.78 is 0. The summed E-state index contributed by atoms with van der Waals surface area (Å²) in [6.45, 7) is 0. The highest BCUT2D eigenvalue weighted by Gasteiger charge is 1.98. The largest absolute Gasteiger partial charge is 0.478 e. The third kappa shape index (κ3) is 2.80. The maximum absolute atomic E-state index is 10.3. The molecule has 0 spiro atoms. The summed E-state index contributed by atoms with van der Waals surface area (Å²) in [7, 11) is 0. The smallest absolute Gasteiger partial charge is 0.330 e. The van der Waals surface area contributed by atoms with Crippen LogP contribution in [0.1, 0.15) is 5.56 Å². The van der Waals surface area contributed by atoms with E-state index in [-0.39, 0.29) is 5.70 Å². The highest BCUT2D eigenvalue weighted by molar-refractivity contribution is 6.30. The van der Waals surface area contributed by atoms with Gasteiger partial charge in [-0.2, -0.15) is 0 Å². The second-order valence-electron chi connectivity index (χ2n) is 2.44. The summed E-state index contributed by atoms with van der Waals surface area (Å²) in [6, 6.07) is 6.63. The predicted molar refractivity (Wildman–Crippen MR) is 51.3 cm³/mol. The molecular formula is C9H8ClNO2. The molecule has 3 N–H and O–H groups in total. The van der Waals surface area contributed by atoms with Gasteiger partial charge in [0.15, 0.2) is 0 Å². The van der Waals surface area contributed by atoms with E-state index in [0.717, 1.165) is 6.08 Å². The van der Waals surface area contributed by atoms with Crippen molar-refractivity contribution in [3.8, 4) is 0 Å². The molecule has 0 heterocycles. The van der Waals surface area contributed by atoms with Crippen molar-refractivity contribution in [2.24, 2.45) is 5.73 Å². The minimum absolute atomic E-state index is 0.212. The van der Waals surface area contributed by atoms with Gasteiger partial charge in [-0.25, -0.2) is 4.79 Å². The first-order valence-electron chi connectivity index (χ1n) is 3.55. The highest BCUT2D eigenvalue weighted by Crippen LogP contribution is 2.13. The lowest BCUT2D eigenvalue weighted by Gasteiger charge is -1.99. The van der Waals surface area contributed by atoms with Gasteiger partial charge in [0.25, 0.3) is 0 Å². The second kappa shape index (κ2) is 3.96. The summed E-state index contributed by atoms with van der Waals surface area (Å²) in [4.78, 5) is 10.3. The van der Waals surface area contributed by atoms with Crippen molar-refractivity contribution in [2.45, 2.75) is 0 Å².